The first-order chi connectivity index (χ1) is 12.6. The maximum atomic E-state index is 6.00. The number of nitrogens with zero attached hydrogens (tertiary/aromatic N) is 4. The summed E-state index contributed by atoms with van der Waals surface area (Å²) >= 11 is 11.6. The first kappa shape index (κ1) is 17.5. The van der Waals surface area contributed by atoms with Gasteiger partial charge in [0, 0.05) is 30.2 Å². The highest BCUT2D eigenvalue weighted by Crippen LogP contribution is 2.32. The van der Waals surface area contributed by atoms with Crippen LogP contribution in [0.1, 0.15) is 24.4 Å². The van der Waals surface area contributed by atoms with Crippen LogP contribution in [0.3, 0.4) is 0 Å². The Balaban J connectivity index is 1.61. The molecule has 26 heavy (non-hydrogen) atoms. The van der Waals surface area contributed by atoms with Crippen LogP contribution in [0.15, 0.2) is 54.6 Å². The van der Waals surface area contributed by atoms with E-state index in [1.807, 2.05) is 40.6 Å². The molecule has 0 aliphatic carbocycles. The molecule has 1 atom stereocenters. The molecule has 2 aromatic carbocycles. The zero-order valence-electron chi connectivity index (χ0n) is 14.7. The van der Waals surface area contributed by atoms with Crippen molar-refractivity contribution in [1.29, 1.82) is 0 Å². The fourth-order valence-electron chi connectivity index (χ4n) is 3.65. The van der Waals surface area contributed by atoms with Gasteiger partial charge in [0.2, 0.25) is 0 Å². The Bertz CT molecular complexity index is 946. The van der Waals surface area contributed by atoms with E-state index >= 15 is 0 Å². The van der Waals surface area contributed by atoms with Gasteiger partial charge in [-0.25, -0.2) is 4.68 Å². The Kier molecular flexibility index (Phi) is 4.94. The van der Waals surface area contributed by atoms with Crippen molar-refractivity contribution >= 4 is 23.8 Å². The predicted molar refractivity (Wildman–Crippen MR) is 108 cm³/mol. The van der Waals surface area contributed by atoms with Crippen LogP contribution >= 0.6 is 23.8 Å². The summed E-state index contributed by atoms with van der Waals surface area (Å²) in [5.41, 5.74) is 2.38. The van der Waals surface area contributed by atoms with Gasteiger partial charge in [-0.05, 0) is 54.9 Å². The number of aromatic nitrogens is 3. The summed E-state index contributed by atoms with van der Waals surface area (Å²) < 4.78 is 4.63. The number of hydrogen-bond donors (Lipinski definition) is 0. The van der Waals surface area contributed by atoms with E-state index in [9.17, 15) is 0 Å². The van der Waals surface area contributed by atoms with Crippen LogP contribution in [-0.4, -0.2) is 25.8 Å². The van der Waals surface area contributed by atoms with Gasteiger partial charge in [0.1, 0.15) is 0 Å². The summed E-state index contributed by atoms with van der Waals surface area (Å²) in [5, 5.41) is 5.51. The smallest absolute Gasteiger partial charge is 0.199 e. The van der Waals surface area contributed by atoms with Crippen LogP contribution in [0.25, 0.3) is 11.4 Å². The van der Waals surface area contributed by atoms with E-state index in [4.69, 9.17) is 28.9 Å². The molecule has 6 heteroatoms. The maximum Gasteiger partial charge on any atom is 0.199 e. The molecule has 1 fully saturated rings. The highest BCUT2D eigenvalue weighted by molar-refractivity contribution is 7.71. The van der Waals surface area contributed by atoms with Gasteiger partial charge in [-0.2, -0.15) is 5.10 Å². The molecule has 3 aromatic rings. The zero-order valence-corrected chi connectivity index (χ0v) is 16.2. The minimum absolute atomic E-state index is 0.430. The SMILES string of the molecule is Cn1c(-c2ccc(Cl)cc2)nn(CN2CCC[C@@H]2c2ccccc2)c1=S. The van der Waals surface area contributed by atoms with Crippen molar-refractivity contribution in [2.75, 3.05) is 6.54 Å². The van der Waals surface area contributed by atoms with Crippen molar-refractivity contribution in [2.45, 2.75) is 25.6 Å². The van der Waals surface area contributed by atoms with Crippen LogP contribution in [-0.2, 0) is 13.7 Å². The van der Waals surface area contributed by atoms with Gasteiger partial charge in [0.05, 0.1) is 6.67 Å². The summed E-state index contributed by atoms with van der Waals surface area (Å²) in [6.45, 7) is 1.77. The lowest BCUT2D eigenvalue weighted by atomic mass is 10.1. The van der Waals surface area contributed by atoms with Gasteiger partial charge < -0.3 is 4.57 Å². The summed E-state index contributed by atoms with van der Waals surface area (Å²) in [6.07, 6.45) is 2.37. The molecule has 0 saturated carbocycles. The summed E-state index contributed by atoms with van der Waals surface area (Å²) in [5.74, 6) is 0.863. The third-order valence-electron chi connectivity index (χ3n) is 5.01. The highest BCUT2D eigenvalue weighted by Gasteiger charge is 2.26. The van der Waals surface area contributed by atoms with Gasteiger partial charge >= 0.3 is 0 Å². The zero-order chi connectivity index (χ0) is 18.1. The fraction of sp³-hybridized carbons (Fsp3) is 0.300. The molecule has 1 aliphatic heterocycles. The van der Waals surface area contributed by atoms with Crippen molar-refractivity contribution < 1.29 is 0 Å². The standard InChI is InChI=1S/C20H21ClN4S/c1-23-19(16-9-11-17(21)12-10-16)22-25(20(23)26)14-24-13-5-8-18(24)15-6-3-2-4-7-15/h2-4,6-7,9-12,18H,5,8,13-14H2,1H3/t18-/m1/s1. The number of rotatable bonds is 4. The van der Waals surface area contributed by atoms with Crippen molar-refractivity contribution in [3.8, 4) is 11.4 Å². The molecule has 0 unspecified atom stereocenters. The molecular formula is C20H21ClN4S. The molecule has 0 bridgehead atoms. The normalized spacial score (nSPS) is 17.7. The van der Waals surface area contributed by atoms with Crippen molar-refractivity contribution in [3.63, 3.8) is 0 Å². The second-order valence-electron chi connectivity index (χ2n) is 6.69. The third kappa shape index (κ3) is 3.34. The minimum Gasteiger partial charge on any atom is -0.303 e. The Morgan fingerprint density at radius 2 is 1.85 bits per heavy atom. The van der Waals surface area contributed by atoms with Crippen LogP contribution in [0.2, 0.25) is 5.02 Å². The predicted octanol–water partition coefficient (Wildman–Crippen LogP) is 5.07. The summed E-state index contributed by atoms with van der Waals surface area (Å²) in [6, 6.07) is 18.8. The van der Waals surface area contributed by atoms with Crippen molar-refractivity contribution in [3.05, 3.63) is 70.0 Å². The second-order valence-corrected chi connectivity index (χ2v) is 7.50. The maximum absolute atomic E-state index is 6.00. The lowest BCUT2D eigenvalue weighted by Crippen LogP contribution is -2.27. The number of halogens is 1. The Morgan fingerprint density at radius 1 is 1.12 bits per heavy atom. The van der Waals surface area contributed by atoms with E-state index in [1.165, 1.54) is 18.4 Å². The first-order valence-corrected chi connectivity index (χ1v) is 9.61. The van der Waals surface area contributed by atoms with E-state index in [2.05, 4.69) is 35.2 Å². The molecule has 1 aromatic heterocycles. The third-order valence-corrected chi connectivity index (χ3v) is 5.74. The lowest BCUT2D eigenvalue weighted by molar-refractivity contribution is 0.190. The van der Waals surface area contributed by atoms with E-state index < -0.39 is 0 Å². The van der Waals surface area contributed by atoms with Crippen LogP contribution in [0, 0.1) is 4.77 Å². The molecule has 0 N–H and O–H groups in total. The number of hydrogen-bond acceptors (Lipinski definition) is 3. The Labute approximate surface area is 163 Å². The van der Waals surface area contributed by atoms with Gasteiger partial charge in [-0.3, -0.25) is 4.90 Å². The van der Waals surface area contributed by atoms with E-state index in [1.54, 1.807) is 0 Å². The van der Waals surface area contributed by atoms with E-state index in [0.717, 1.165) is 27.7 Å². The molecule has 4 nitrogen and oxygen atoms in total. The lowest BCUT2D eigenvalue weighted by Gasteiger charge is -2.24. The monoisotopic (exact) mass is 384 g/mol. The fourth-order valence-corrected chi connectivity index (χ4v) is 3.96. The minimum atomic E-state index is 0.430. The van der Waals surface area contributed by atoms with Gasteiger partial charge in [0.15, 0.2) is 10.6 Å². The van der Waals surface area contributed by atoms with Gasteiger partial charge in [0.25, 0.3) is 0 Å². The molecule has 4 rings (SSSR count). The largest absolute Gasteiger partial charge is 0.303 e. The van der Waals surface area contributed by atoms with Crippen molar-refractivity contribution in [1.82, 2.24) is 19.2 Å². The summed E-state index contributed by atoms with van der Waals surface area (Å²) in [4.78, 5) is 2.46. The average Bonchev–Trinajstić information content (AvgIpc) is 3.24. The second kappa shape index (κ2) is 7.35. The number of benzene rings is 2. The van der Waals surface area contributed by atoms with Crippen LogP contribution < -0.4 is 0 Å². The van der Waals surface area contributed by atoms with Crippen LogP contribution in [0.4, 0.5) is 0 Å². The van der Waals surface area contributed by atoms with Gasteiger partial charge in [-0.1, -0.05) is 41.9 Å². The summed E-state index contributed by atoms with van der Waals surface area (Å²) in [7, 11) is 1.97. The first-order valence-electron chi connectivity index (χ1n) is 8.82. The van der Waals surface area contributed by atoms with Gasteiger partial charge in [-0.15, -0.1) is 0 Å². The molecule has 1 aliphatic rings. The highest BCUT2D eigenvalue weighted by atomic mass is 35.5. The van der Waals surface area contributed by atoms with Crippen molar-refractivity contribution in [2.24, 2.45) is 7.05 Å². The molecule has 0 radical (unpaired) electrons. The van der Waals surface area contributed by atoms with E-state index in [-0.39, 0.29) is 0 Å². The molecule has 0 spiro atoms. The quantitative estimate of drug-likeness (QED) is 0.587. The Hall–Kier alpha value is -1.95. The average molecular weight is 385 g/mol. The topological polar surface area (TPSA) is 26.0 Å². The Morgan fingerprint density at radius 3 is 2.58 bits per heavy atom. The molecule has 0 amide bonds. The molecule has 1 saturated heterocycles. The molecule has 2 heterocycles. The van der Waals surface area contributed by atoms with E-state index in [0.29, 0.717) is 12.7 Å². The van der Waals surface area contributed by atoms with Crippen LogP contribution in [0.5, 0.6) is 0 Å². The number of likely N-dealkylation sites (tertiary alicyclic amines) is 1. The molecule has 134 valence electrons. The molecular weight excluding hydrogens is 364 g/mol.